The number of carbonyl (C=O) groups excluding carboxylic acids is 4. The Hall–Kier alpha value is -3.28. The van der Waals surface area contributed by atoms with Crippen LogP contribution in [0.3, 0.4) is 0 Å². The zero-order chi connectivity index (χ0) is 39.6. The van der Waals surface area contributed by atoms with Gasteiger partial charge in [-0.05, 0) is 12.8 Å². The van der Waals surface area contributed by atoms with E-state index in [1.807, 2.05) is 0 Å². The number of ketones is 2. The molecule has 0 aromatic rings. The highest BCUT2D eigenvalue weighted by molar-refractivity contribution is 7.80. The van der Waals surface area contributed by atoms with E-state index in [-0.39, 0.29) is 18.6 Å². The first-order valence-electron chi connectivity index (χ1n) is 15.9. The van der Waals surface area contributed by atoms with Gasteiger partial charge in [0, 0.05) is 62.0 Å². The molecule has 0 saturated heterocycles. The Balaban J connectivity index is 6.34. The van der Waals surface area contributed by atoms with Crippen molar-refractivity contribution in [2.24, 2.45) is 17.8 Å². The number of aliphatic hydroxyl groups excluding tert-OH is 8. The van der Waals surface area contributed by atoms with Crippen LogP contribution in [0.15, 0.2) is 0 Å². The quantitative estimate of drug-likeness (QED) is 0.0334. The SMILES string of the molecule is C[C@@H](CCC(=O)O)C(=O)CC(CC(=O)C[C@@H](CCC(=O)O)C(=O)N[C@H](CC(=O)N[C@@H](CS)C(=O)O)[C@@H](O)[C@H](O)[C@H](O)CO)[C@@H](O)[C@H](O)[C@H](O)CO. The maximum absolute atomic E-state index is 13.4. The molecule has 2 amide bonds. The van der Waals surface area contributed by atoms with Crippen molar-refractivity contribution in [2.75, 3.05) is 19.0 Å². The molecule has 0 radical (unpaired) electrons. The van der Waals surface area contributed by atoms with Crippen LogP contribution in [0.5, 0.6) is 0 Å². The van der Waals surface area contributed by atoms with Crippen molar-refractivity contribution in [3.63, 3.8) is 0 Å². The smallest absolute Gasteiger partial charge is 0.327 e. The van der Waals surface area contributed by atoms with Gasteiger partial charge in [0.1, 0.15) is 48.1 Å². The van der Waals surface area contributed by atoms with E-state index in [0.717, 1.165) is 0 Å². The van der Waals surface area contributed by atoms with Crippen LogP contribution in [0.25, 0.3) is 0 Å². The zero-order valence-electron chi connectivity index (χ0n) is 27.9. The summed E-state index contributed by atoms with van der Waals surface area (Å²) < 4.78 is 0. The number of aliphatic carboxylic acids is 3. The van der Waals surface area contributed by atoms with E-state index in [1.165, 1.54) is 6.92 Å². The number of rotatable bonds is 28. The molecule has 0 saturated carbocycles. The number of amides is 2. The molecule has 0 bridgehead atoms. The second-order valence-corrected chi connectivity index (χ2v) is 12.6. The lowest BCUT2D eigenvalue weighted by Gasteiger charge is -2.31. The number of carboxylic acid groups (broad SMARTS) is 3. The minimum Gasteiger partial charge on any atom is -0.481 e. The predicted octanol–water partition coefficient (Wildman–Crippen LogP) is -4.58. The fraction of sp³-hybridized carbons (Fsp3) is 0.767. The average Bonchev–Trinajstić information content (AvgIpc) is 3.07. The number of hydrogen-bond donors (Lipinski definition) is 14. The van der Waals surface area contributed by atoms with Crippen LogP contribution in [-0.2, 0) is 33.6 Å². The number of nitrogens with one attached hydrogen (secondary N) is 2. The third kappa shape index (κ3) is 17.7. The molecule has 294 valence electrons. The van der Waals surface area contributed by atoms with Crippen LogP contribution in [0, 0.1) is 17.8 Å². The van der Waals surface area contributed by atoms with E-state index in [0.29, 0.717) is 0 Å². The zero-order valence-corrected chi connectivity index (χ0v) is 28.7. The third-order valence-corrected chi connectivity index (χ3v) is 8.52. The van der Waals surface area contributed by atoms with Gasteiger partial charge in [0.2, 0.25) is 11.8 Å². The van der Waals surface area contributed by atoms with Crippen LogP contribution < -0.4 is 10.6 Å². The third-order valence-electron chi connectivity index (χ3n) is 8.15. The Bertz CT molecular complexity index is 1170. The molecule has 0 aromatic carbocycles. The summed E-state index contributed by atoms with van der Waals surface area (Å²) in [7, 11) is 0. The highest BCUT2D eigenvalue weighted by Gasteiger charge is 2.38. The molecule has 13 N–H and O–H groups in total. The summed E-state index contributed by atoms with van der Waals surface area (Å²) in [6.07, 6.45) is -17.1. The van der Waals surface area contributed by atoms with Gasteiger partial charge in [-0.15, -0.1) is 0 Å². The molecule has 0 heterocycles. The van der Waals surface area contributed by atoms with Gasteiger partial charge in [0.05, 0.1) is 25.4 Å². The highest BCUT2D eigenvalue weighted by atomic mass is 32.1. The number of Topliss-reactive ketones (excluding diaryl/α,β-unsaturated/α-hetero) is 2. The summed E-state index contributed by atoms with van der Waals surface area (Å²) in [4.78, 5) is 85.8. The molecule has 20 nitrogen and oxygen atoms in total. The number of carboxylic acids is 3. The molecule has 51 heavy (non-hydrogen) atoms. The summed E-state index contributed by atoms with van der Waals surface area (Å²) in [5.74, 6) is -12.1. The fourth-order valence-corrected chi connectivity index (χ4v) is 5.18. The van der Waals surface area contributed by atoms with Crippen LogP contribution in [0.2, 0.25) is 0 Å². The molecular formula is C30H50N2O18S. The van der Waals surface area contributed by atoms with Crippen molar-refractivity contribution < 1.29 is 89.7 Å². The molecule has 0 aromatic heterocycles. The van der Waals surface area contributed by atoms with Crippen molar-refractivity contribution in [3.8, 4) is 0 Å². The van der Waals surface area contributed by atoms with E-state index in [4.69, 9.17) is 5.11 Å². The lowest BCUT2D eigenvalue weighted by molar-refractivity contribution is -0.142. The molecule has 0 spiro atoms. The topological polar surface area (TPSA) is 366 Å². The molecule has 0 aliphatic rings. The van der Waals surface area contributed by atoms with Crippen molar-refractivity contribution in [1.82, 2.24) is 10.6 Å². The van der Waals surface area contributed by atoms with Gasteiger partial charge in [-0.2, -0.15) is 12.6 Å². The van der Waals surface area contributed by atoms with Gasteiger partial charge in [-0.25, -0.2) is 4.79 Å². The van der Waals surface area contributed by atoms with E-state index >= 15 is 0 Å². The van der Waals surface area contributed by atoms with Crippen molar-refractivity contribution >= 4 is 53.9 Å². The van der Waals surface area contributed by atoms with Gasteiger partial charge in [-0.3, -0.25) is 28.8 Å². The van der Waals surface area contributed by atoms with Gasteiger partial charge >= 0.3 is 17.9 Å². The highest BCUT2D eigenvalue weighted by Crippen LogP contribution is 2.25. The molecule has 0 aliphatic heterocycles. The number of hydrogen-bond acceptors (Lipinski definition) is 16. The lowest BCUT2D eigenvalue weighted by atomic mass is 9.82. The Labute approximate surface area is 297 Å². The summed E-state index contributed by atoms with van der Waals surface area (Å²) in [5.41, 5.74) is 0. The monoisotopic (exact) mass is 758 g/mol. The molecule has 11 atom stereocenters. The minimum absolute atomic E-state index is 0.106. The molecule has 0 rings (SSSR count). The predicted molar refractivity (Wildman–Crippen MR) is 174 cm³/mol. The van der Waals surface area contributed by atoms with Crippen LogP contribution >= 0.6 is 12.6 Å². The lowest BCUT2D eigenvalue weighted by Crippen LogP contribution is -2.56. The van der Waals surface area contributed by atoms with Gasteiger partial charge in [-0.1, -0.05) is 6.92 Å². The first kappa shape index (κ1) is 47.7. The maximum atomic E-state index is 13.4. The van der Waals surface area contributed by atoms with Crippen LogP contribution in [0.1, 0.15) is 58.3 Å². The second-order valence-electron chi connectivity index (χ2n) is 12.3. The Morgan fingerprint density at radius 3 is 1.63 bits per heavy atom. The Morgan fingerprint density at radius 2 is 1.16 bits per heavy atom. The summed E-state index contributed by atoms with van der Waals surface area (Å²) in [5, 5.41) is 112. The van der Waals surface area contributed by atoms with Crippen molar-refractivity contribution in [2.45, 2.75) is 107 Å². The first-order chi connectivity index (χ1) is 23.7. The van der Waals surface area contributed by atoms with E-state index in [1.54, 1.807) is 0 Å². The first-order valence-corrected chi connectivity index (χ1v) is 16.5. The fourth-order valence-electron chi connectivity index (χ4n) is 4.93. The Morgan fingerprint density at radius 1 is 0.647 bits per heavy atom. The second kappa shape index (κ2) is 24.1. The van der Waals surface area contributed by atoms with Crippen molar-refractivity contribution in [3.05, 3.63) is 0 Å². The standard InChI is InChI=1S/C30H50N2O18S/c1-13(2-4-23(40)41)19(36)8-15(25(44)27(46)20(37)10-33)7-16(35)6-14(3-5-24(42)43)29(48)32-17(26(45)28(47)21(38)11-34)9-22(39)31-18(12-51)30(49)50/h13-15,17-18,20-21,25-28,33-34,37-38,44-47,51H,2-12H2,1H3,(H,31,39)(H,32,48)(H,40,41)(H,42,43)(H,49,50)/t13-,14+,15?,17+,18-,20+,21+,25+,26+,27+,28+/m0/s1. The van der Waals surface area contributed by atoms with Gasteiger partial charge < -0.3 is 66.8 Å². The number of aliphatic hydroxyl groups is 8. The molecule has 0 aliphatic carbocycles. The summed E-state index contributed by atoms with van der Waals surface area (Å²) in [6, 6.07) is -3.34. The molecule has 0 fully saturated rings. The summed E-state index contributed by atoms with van der Waals surface area (Å²) >= 11 is 3.81. The van der Waals surface area contributed by atoms with Gasteiger partial charge in [0.15, 0.2) is 0 Å². The molecule has 21 heteroatoms. The molecule has 1 unspecified atom stereocenters. The van der Waals surface area contributed by atoms with Gasteiger partial charge in [0.25, 0.3) is 0 Å². The van der Waals surface area contributed by atoms with E-state index < -0.39 is 159 Å². The van der Waals surface area contributed by atoms with E-state index in [9.17, 15) is 84.6 Å². The maximum Gasteiger partial charge on any atom is 0.327 e. The van der Waals surface area contributed by atoms with E-state index in [2.05, 4.69) is 23.3 Å². The average molecular weight is 759 g/mol. The van der Waals surface area contributed by atoms with Crippen LogP contribution in [0.4, 0.5) is 0 Å². The summed E-state index contributed by atoms with van der Waals surface area (Å²) in [6.45, 7) is -0.691. The molecular weight excluding hydrogens is 708 g/mol. The minimum atomic E-state index is -2.19. The van der Waals surface area contributed by atoms with Crippen LogP contribution in [-0.4, -0.2) is 165 Å². The Kier molecular flexibility index (Phi) is 22.5. The largest absolute Gasteiger partial charge is 0.481 e. The normalized spacial score (nSPS) is 18.0. The number of thiol groups is 1. The number of carbonyl (C=O) groups is 7. The van der Waals surface area contributed by atoms with Crippen molar-refractivity contribution in [1.29, 1.82) is 0 Å².